The van der Waals surface area contributed by atoms with E-state index in [0.29, 0.717) is 6.61 Å². The Morgan fingerprint density at radius 2 is 1.94 bits per heavy atom. The molecule has 3 aromatic carbocycles. The average Bonchev–Trinajstić information content (AvgIpc) is 3.19. The Bertz CT molecular complexity index is 1200. The fourth-order valence-corrected chi connectivity index (χ4v) is 5.78. The molecule has 0 saturated heterocycles. The first-order valence-electron chi connectivity index (χ1n) is 11.6. The number of carboxylic acids is 1. The Labute approximate surface area is 188 Å². The van der Waals surface area contributed by atoms with Crippen molar-refractivity contribution in [2.75, 3.05) is 11.4 Å². The third-order valence-electron chi connectivity index (χ3n) is 7.48. The third-order valence-corrected chi connectivity index (χ3v) is 7.48. The van der Waals surface area contributed by atoms with Crippen molar-refractivity contribution >= 4 is 17.3 Å². The molecule has 162 valence electrons. The van der Waals surface area contributed by atoms with Gasteiger partial charge in [0.15, 0.2) is 0 Å². The zero-order chi connectivity index (χ0) is 21.8. The molecule has 0 amide bonds. The van der Waals surface area contributed by atoms with E-state index in [1.165, 1.54) is 39.2 Å². The van der Waals surface area contributed by atoms with E-state index in [9.17, 15) is 9.90 Å². The molecule has 32 heavy (non-hydrogen) atoms. The van der Waals surface area contributed by atoms with Crippen molar-refractivity contribution in [2.24, 2.45) is 11.8 Å². The zero-order valence-electron chi connectivity index (χ0n) is 18.3. The van der Waals surface area contributed by atoms with Crippen molar-refractivity contribution in [1.82, 2.24) is 0 Å². The van der Waals surface area contributed by atoms with Gasteiger partial charge in [0.2, 0.25) is 0 Å². The quantitative estimate of drug-likeness (QED) is 0.567. The summed E-state index contributed by atoms with van der Waals surface area (Å²) >= 11 is 0. The molecular weight excluding hydrogens is 398 g/mol. The van der Waals surface area contributed by atoms with Crippen LogP contribution in [0, 0.1) is 11.8 Å². The number of para-hydroxylation sites is 1. The van der Waals surface area contributed by atoms with E-state index in [0.717, 1.165) is 31.6 Å². The van der Waals surface area contributed by atoms with Gasteiger partial charge < -0.3 is 14.7 Å². The summed E-state index contributed by atoms with van der Waals surface area (Å²) in [5, 5.41) is 9.41. The number of carbonyl (C=O) groups is 1. The van der Waals surface area contributed by atoms with Crippen LogP contribution in [0.25, 0.3) is 0 Å². The number of hydrogen-bond acceptors (Lipinski definition) is 3. The Kier molecular flexibility index (Phi) is 4.49. The molecule has 1 saturated carbocycles. The van der Waals surface area contributed by atoms with Gasteiger partial charge in [0.05, 0.1) is 5.92 Å². The summed E-state index contributed by atoms with van der Waals surface area (Å²) in [6.45, 7) is 3.68. The van der Waals surface area contributed by atoms with Gasteiger partial charge in [-0.1, -0.05) is 43.3 Å². The highest BCUT2D eigenvalue weighted by atomic mass is 16.5. The Balaban J connectivity index is 1.22. The van der Waals surface area contributed by atoms with Gasteiger partial charge in [-0.3, -0.25) is 4.79 Å². The van der Waals surface area contributed by atoms with Crippen LogP contribution in [0.1, 0.15) is 40.7 Å². The lowest BCUT2D eigenvalue weighted by Crippen LogP contribution is -2.13. The van der Waals surface area contributed by atoms with Gasteiger partial charge in [0.1, 0.15) is 12.4 Å². The molecular formula is C28H27NO3. The average molecular weight is 426 g/mol. The number of aryl methyl sites for hydroxylation is 1. The number of benzene rings is 3. The molecule has 0 spiro atoms. The van der Waals surface area contributed by atoms with Crippen LogP contribution >= 0.6 is 0 Å². The van der Waals surface area contributed by atoms with Gasteiger partial charge in [0, 0.05) is 23.8 Å². The minimum atomic E-state index is -0.648. The fourth-order valence-electron chi connectivity index (χ4n) is 5.78. The predicted octanol–water partition coefficient (Wildman–Crippen LogP) is 5.49. The SMILES string of the molecule is CCc1cc2c(cc1OCc1ccc3c(c1)N(c1ccccc1)CC3)CC1C(C(=O)O)C21. The van der Waals surface area contributed by atoms with E-state index in [2.05, 4.69) is 72.5 Å². The minimum absolute atomic E-state index is 0.182. The molecule has 0 radical (unpaired) electrons. The Morgan fingerprint density at radius 3 is 2.72 bits per heavy atom. The number of fused-ring (bicyclic) bond motifs is 4. The molecule has 1 fully saturated rings. The normalized spacial score (nSPS) is 22.3. The molecule has 1 N–H and O–H groups in total. The van der Waals surface area contributed by atoms with Gasteiger partial charge in [0.25, 0.3) is 0 Å². The molecule has 6 rings (SSSR count). The van der Waals surface area contributed by atoms with E-state index in [-0.39, 0.29) is 17.8 Å². The number of anilines is 2. The monoisotopic (exact) mass is 425 g/mol. The summed E-state index contributed by atoms with van der Waals surface area (Å²) < 4.78 is 6.33. The lowest BCUT2D eigenvalue weighted by molar-refractivity contribution is -0.139. The second-order valence-electron chi connectivity index (χ2n) is 9.26. The van der Waals surface area contributed by atoms with Crippen LogP contribution < -0.4 is 9.64 Å². The molecule has 1 heterocycles. The molecule has 3 unspecified atom stereocenters. The second kappa shape index (κ2) is 7.40. The fraction of sp³-hybridized carbons (Fsp3) is 0.321. The summed E-state index contributed by atoms with van der Waals surface area (Å²) in [5.74, 6) is 0.605. The van der Waals surface area contributed by atoms with Crippen molar-refractivity contribution in [3.63, 3.8) is 0 Å². The highest BCUT2D eigenvalue weighted by molar-refractivity contribution is 5.78. The predicted molar refractivity (Wildman–Crippen MR) is 125 cm³/mol. The van der Waals surface area contributed by atoms with E-state index >= 15 is 0 Å². The lowest BCUT2D eigenvalue weighted by Gasteiger charge is -2.20. The number of carboxylic acid groups (broad SMARTS) is 1. The zero-order valence-corrected chi connectivity index (χ0v) is 18.3. The second-order valence-corrected chi connectivity index (χ2v) is 9.26. The van der Waals surface area contributed by atoms with E-state index in [1.807, 2.05) is 0 Å². The van der Waals surface area contributed by atoms with E-state index < -0.39 is 5.97 Å². The van der Waals surface area contributed by atoms with Crippen molar-refractivity contribution in [3.8, 4) is 5.75 Å². The molecule has 0 aromatic heterocycles. The largest absolute Gasteiger partial charge is 0.489 e. The van der Waals surface area contributed by atoms with Crippen molar-refractivity contribution in [2.45, 2.75) is 38.7 Å². The van der Waals surface area contributed by atoms with Crippen LogP contribution in [0.5, 0.6) is 5.75 Å². The number of aliphatic carboxylic acids is 1. The molecule has 4 heteroatoms. The Hall–Kier alpha value is -3.27. The molecule has 3 atom stereocenters. The van der Waals surface area contributed by atoms with Gasteiger partial charge in [-0.15, -0.1) is 0 Å². The van der Waals surface area contributed by atoms with Gasteiger partial charge >= 0.3 is 5.97 Å². The van der Waals surface area contributed by atoms with Crippen LogP contribution in [0.15, 0.2) is 60.7 Å². The third kappa shape index (κ3) is 3.09. The van der Waals surface area contributed by atoms with E-state index in [4.69, 9.17) is 4.74 Å². The Morgan fingerprint density at radius 1 is 1.09 bits per heavy atom. The van der Waals surface area contributed by atoms with Crippen molar-refractivity contribution in [1.29, 1.82) is 0 Å². The van der Waals surface area contributed by atoms with Gasteiger partial charge in [-0.05, 0) is 77.3 Å². The summed E-state index contributed by atoms with van der Waals surface area (Å²) in [5.41, 5.74) is 8.75. The number of nitrogens with zero attached hydrogens (tertiary/aromatic N) is 1. The number of ether oxygens (including phenoxy) is 1. The molecule has 3 aromatic rings. The maximum absolute atomic E-state index is 11.4. The van der Waals surface area contributed by atoms with Crippen molar-refractivity contribution in [3.05, 3.63) is 88.5 Å². The highest BCUT2D eigenvalue weighted by Crippen LogP contribution is 2.62. The maximum atomic E-state index is 11.4. The van der Waals surface area contributed by atoms with Gasteiger partial charge in [-0.25, -0.2) is 0 Å². The number of rotatable bonds is 6. The van der Waals surface area contributed by atoms with Crippen molar-refractivity contribution < 1.29 is 14.6 Å². The van der Waals surface area contributed by atoms with Crippen LogP contribution in [0.4, 0.5) is 11.4 Å². The standard InChI is InChI=1S/C28H27NO3/c1-2-18-13-22-20(14-23-26(22)27(23)28(30)31)15-25(18)32-16-17-8-9-19-10-11-29(24(19)12-17)21-6-4-3-5-7-21/h3-9,12-13,15,23,26-27H,2,10-11,14,16H2,1H3,(H,30,31). The lowest BCUT2D eigenvalue weighted by atomic mass is 9.98. The van der Waals surface area contributed by atoms with E-state index in [1.54, 1.807) is 0 Å². The van der Waals surface area contributed by atoms with Crippen LogP contribution in [-0.2, 0) is 30.7 Å². The maximum Gasteiger partial charge on any atom is 0.307 e. The topological polar surface area (TPSA) is 49.8 Å². The van der Waals surface area contributed by atoms with Crippen LogP contribution in [-0.4, -0.2) is 17.6 Å². The first-order chi connectivity index (χ1) is 15.6. The summed E-state index contributed by atoms with van der Waals surface area (Å²) in [7, 11) is 0. The molecule has 1 aliphatic heterocycles. The molecule has 2 aliphatic carbocycles. The highest BCUT2D eigenvalue weighted by Gasteiger charge is 2.59. The number of hydrogen-bond donors (Lipinski definition) is 1. The smallest absolute Gasteiger partial charge is 0.307 e. The summed E-state index contributed by atoms with van der Waals surface area (Å²) in [4.78, 5) is 13.8. The molecule has 0 bridgehead atoms. The summed E-state index contributed by atoms with van der Waals surface area (Å²) in [6, 6.07) is 21.6. The first-order valence-corrected chi connectivity index (χ1v) is 11.6. The van der Waals surface area contributed by atoms with Gasteiger partial charge in [-0.2, -0.15) is 0 Å². The summed E-state index contributed by atoms with van der Waals surface area (Å²) in [6.07, 6.45) is 2.81. The molecule has 3 aliphatic rings. The molecule has 4 nitrogen and oxygen atoms in total. The van der Waals surface area contributed by atoms with Crippen LogP contribution in [0.2, 0.25) is 0 Å². The first kappa shape index (κ1) is 19.4. The van der Waals surface area contributed by atoms with Crippen LogP contribution in [0.3, 0.4) is 0 Å². The minimum Gasteiger partial charge on any atom is -0.489 e.